The summed E-state index contributed by atoms with van der Waals surface area (Å²) in [5, 5.41) is 6.65. The Hall–Kier alpha value is -2.16. The molecule has 1 aliphatic heterocycles. The third kappa shape index (κ3) is 5.67. The van der Waals surface area contributed by atoms with Crippen molar-refractivity contribution < 1.29 is 14.2 Å². The Bertz CT molecular complexity index is 773. The lowest BCUT2D eigenvalue weighted by Crippen LogP contribution is -2.42. The molecule has 1 heterocycles. The molecule has 0 saturated heterocycles. The minimum absolute atomic E-state index is 0. The molecule has 2 aromatic carbocycles. The van der Waals surface area contributed by atoms with Crippen LogP contribution in [0, 0.1) is 0 Å². The van der Waals surface area contributed by atoms with E-state index in [-0.39, 0.29) is 30.1 Å². The van der Waals surface area contributed by atoms with Crippen LogP contribution in [0.4, 0.5) is 0 Å². The van der Waals surface area contributed by atoms with Crippen LogP contribution in [0.25, 0.3) is 0 Å². The highest BCUT2D eigenvalue weighted by atomic mass is 127. The first-order valence-electron chi connectivity index (χ1n) is 9.21. The van der Waals surface area contributed by atoms with Gasteiger partial charge < -0.3 is 24.8 Å². The molecule has 1 aliphatic rings. The fourth-order valence-corrected chi connectivity index (χ4v) is 3.07. The zero-order valence-corrected chi connectivity index (χ0v) is 18.9. The Kier molecular flexibility index (Phi) is 8.69. The molecule has 0 fully saturated rings. The fraction of sp³-hybridized carbons (Fsp3) is 0.381. The van der Waals surface area contributed by atoms with E-state index in [9.17, 15) is 0 Å². The summed E-state index contributed by atoms with van der Waals surface area (Å²) in [4.78, 5) is 4.68. The molecule has 1 atom stereocenters. The maximum atomic E-state index is 5.98. The molecule has 2 aromatic rings. The van der Waals surface area contributed by atoms with E-state index in [0.29, 0.717) is 13.1 Å². The Labute approximate surface area is 183 Å². The standard InChI is InChI=1S/C21H27N3O3.HI/c1-4-22-21(23-13-16-9-10-17(25-2)12-20(16)26-3)24-14-18-11-15-7-5-6-8-19(15)27-18;/h5-10,12,18H,4,11,13-14H2,1-3H3,(H2,22,23,24);1H. The number of aliphatic imine (C=N–C) groups is 1. The molecule has 0 radical (unpaired) electrons. The van der Waals surface area contributed by atoms with Gasteiger partial charge in [-0.1, -0.05) is 18.2 Å². The number of fused-ring (bicyclic) bond motifs is 1. The van der Waals surface area contributed by atoms with Crippen LogP contribution >= 0.6 is 24.0 Å². The lowest BCUT2D eigenvalue weighted by Gasteiger charge is -2.16. The first-order valence-corrected chi connectivity index (χ1v) is 9.21. The highest BCUT2D eigenvalue weighted by Gasteiger charge is 2.22. The molecular formula is C21H28IN3O3. The van der Waals surface area contributed by atoms with E-state index in [0.717, 1.165) is 41.7 Å². The highest BCUT2D eigenvalue weighted by molar-refractivity contribution is 14.0. The Morgan fingerprint density at radius 2 is 1.96 bits per heavy atom. The SMILES string of the molecule is CCNC(=NCc1ccc(OC)cc1OC)NCC1Cc2ccccc2O1.I. The molecular weight excluding hydrogens is 469 g/mol. The lowest BCUT2D eigenvalue weighted by molar-refractivity contribution is 0.235. The van der Waals surface area contributed by atoms with Crippen LogP contribution in [0.5, 0.6) is 17.2 Å². The minimum Gasteiger partial charge on any atom is -0.497 e. The maximum Gasteiger partial charge on any atom is 0.191 e. The topological polar surface area (TPSA) is 64.1 Å². The van der Waals surface area contributed by atoms with Gasteiger partial charge in [-0.25, -0.2) is 4.99 Å². The van der Waals surface area contributed by atoms with Crippen molar-refractivity contribution in [2.45, 2.75) is 26.0 Å². The molecule has 0 saturated carbocycles. The number of nitrogens with one attached hydrogen (secondary N) is 2. The van der Waals surface area contributed by atoms with E-state index >= 15 is 0 Å². The fourth-order valence-electron chi connectivity index (χ4n) is 3.07. The quantitative estimate of drug-likeness (QED) is 0.349. The molecule has 3 rings (SSSR count). The van der Waals surface area contributed by atoms with Crippen molar-refractivity contribution in [2.75, 3.05) is 27.3 Å². The van der Waals surface area contributed by atoms with Crippen LogP contribution in [0.1, 0.15) is 18.1 Å². The summed E-state index contributed by atoms with van der Waals surface area (Å²) < 4.78 is 16.7. The maximum absolute atomic E-state index is 5.98. The Morgan fingerprint density at radius 1 is 1.14 bits per heavy atom. The minimum atomic E-state index is 0. The van der Waals surface area contributed by atoms with Gasteiger partial charge in [-0.2, -0.15) is 0 Å². The Morgan fingerprint density at radius 3 is 2.68 bits per heavy atom. The van der Waals surface area contributed by atoms with E-state index in [2.05, 4.69) is 21.7 Å². The van der Waals surface area contributed by atoms with Crippen LogP contribution in [-0.2, 0) is 13.0 Å². The molecule has 6 nitrogen and oxygen atoms in total. The Balaban J connectivity index is 0.00000280. The second-order valence-electron chi connectivity index (χ2n) is 6.31. The smallest absolute Gasteiger partial charge is 0.191 e. The van der Waals surface area contributed by atoms with Crippen LogP contribution in [-0.4, -0.2) is 39.4 Å². The van der Waals surface area contributed by atoms with E-state index in [1.165, 1.54) is 5.56 Å². The second-order valence-corrected chi connectivity index (χ2v) is 6.31. The average molecular weight is 497 g/mol. The number of rotatable bonds is 7. The predicted octanol–water partition coefficient (Wildman–Crippen LogP) is 3.38. The molecule has 152 valence electrons. The highest BCUT2D eigenvalue weighted by Crippen LogP contribution is 2.28. The number of hydrogen-bond acceptors (Lipinski definition) is 4. The summed E-state index contributed by atoms with van der Waals surface area (Å²) in [5.41, 5.74) is 2.26. The predicted molar refractivity (Wildman–Crippen MR) is 122 cm³/mol. The number of halogens is 1. The van der Waals surface area contributed by atoms with E-state index in [4.69, 9.17) is 14.2 Å². The van der Waals surface area contributed by atoms with Gasteiger partial charge in [0.05, 0.1) is 27.3 Å². The third-order valence-electron chi connectivity index (χ3n) is 4.46. The third-order valence-corrected chi connectivity index (χ3v) is 4.46. The average Bonchev–Trinajstić information content (AvgIpc) is 3.13. The largest absolute Gasteiger partial charge is 0.497 e. The van der Waals surface area contributed by atoms with E-state index in [1.807, 2.05) is 43.3 Å². The zero-order chi connectivity index (χ0) is 19.1. The van der Waals surface area contributed by atoms with Gasteiger partial charge in [0.25, 0.3) is 0 Å². The van der Waals surface area contributed by atoms with Gasteiger partial charge in [-0.15, -0.1) is 24.0 Å². The van der Waals surface area contributed by atoms with Gasteiger partial charge in [-0.05, 0) is 30.7 Å². The molecule has 0 aliphatic carbocycles. The van der Waals surface area contributed by atoms with Crippen molar-refractivity contribution in [3.05, 3.63) is 53.6 Å². The summed E-state index contributed by atoms with van der Waals surface area (Å²) in [5.74, 6) is 3.27. The molecule has 0 spiro atoms. The van der Waals surface area contributed by atoms with Gasteiger partial charge in [-0.3, -0.25) is 0 Å². The molecule has 0 bridgehead atoms. The van der Waals surface area contributed by atoms with Crippen molar-refractivity contribution in [3.63, 3.8) is 0 Å². The number of para-hydroxylation sites is 1. The molecule has 0 aromatic heterocycles. The normalized spacial score (nSPS) is 15.1. The molecule has 1 unspecified atom stereocenters. The first kappa shape index (κ1) is 22.1. The summed E-state index contributed by atoms with van der Waals surface area (Å²) in [6.45, 7) is 4.04. The van der Waals surface area contributed by atoms with Crippen molar-refractivity contribution in [3.8, 4) is 17.2 Å². The number of ether oxygens (including phenoxy) is 3. The van der Waals surface area contributed by atoms with Crippen molar-refractivity contribution in [1.29, 1.82) is 0 Å². The second kappa shape index (κ2) is 11.0. The number of benzene rings is 2. The first-order chi connectivity index (χ1) is 13.2. The molecule has 0 amide bonds. The molecule has 2 N–H and O–H groups in total. The number of hydrogen-bond donors (Lipinski definition) is 2. The van der Waals surface area contributed by atoms with Crippen LogP contribution < -0.4 is 24.8 Å². The van der Waals surface area contributed by atoms with E-state index in [1.54, 1.807) is 14.2 Å². The summed E-state index contributed by atoms with van der Waals surface area (Å²) >= 11 is 0. The number of methoxy groups -OCH3 is 2. The summed E-state index contributed by atoms with van der Waals surface area (Å²) in [6, 6.07) is 13.9. The van der Waals surface area contributed by atoms with Crippen molar-refractivity contribution in [2.24, 2.45) is 4.99 Å². The van der Waals surface area contributed by atoms with Gasteiger partial charge >= 0.3 is 0 Å². The van der Waals surface area contributed by atoms with Crippen LogP contribution in [0.2, 0.25) is 0 Å². The summed E-state index contributed by atoms with van der Waals surface area (Å²) in [6.07, 6.45) is 1.02. The monoisotopic (exact) mass is 497 g/mol. The molecule has 28 heavy (non-hydrogen) atoms. The van der Waals surface area contributed by atoms with Gasteiger partial charge in [0, 0.05) is 24.6 Å². The molecule has 7 heteroatoms. The van der Waals surface area contributed by atoms with Crippen LogP contribution in [0.3, 0.4) is 0 Å². The van der Waals surface area contributed by atoms with Crippen molar-refractivity contribution >= 4 is 29.9 Å². The van der Waals surface area contributed by atoms with Gasteiger partial charge in [0.1, 0.15) is 23.4 Å². The summed E-state index contributed by atoms with van der Waals surface area (Å²) in [7, 11) is 3.30. The number of guanidine groups is 1. The number of nitrogens with zero attached hydrogens (tertiary/aromatic N) is 1. The van der Waals surface area contributed by atoms with Crippen molar-refractivity contribution in [1.82, 2.24) is 10.6 Å². The van der Waals surface area contributed by atoms with E-state index < -0.39 is 0 Å². The van der Waals surface area contributed by atoms with Gasteiger partial charge in [0.15, 0.2) is 5.96 Å². The van der Waals surface area contributed by atoms with Gasteiger partial charge in [0.2, 0.25) is 0 Å². The van der Waals surface area contributed by atoms with Crippen LogP contribution in [0.15, 0.2) is 47.5 Å². The lowest BCUT2D eigenvalue weighted by atomic mass is 10.1. The zero-order valence-electron chi connectivity index (χ0n) is 16.5.